The zero-order valence-electron chi connectivity index (χ0n) is 17.8. The topological polar surface area (TPSA) is 51.6 Å². The molecule has 0 amide bonds. The zero-order chi connectivity index (χ0) is 21.8. The van der Waals surface area contributed by atoms with Gasteiger partial charge in [-0.2, -0.15) is 0 Å². The van der Waals surface area contributed by atoms with Gasteiger partial charge in [-0.3, -0.25) is 4.90 Å². The van der Waals surface area contributed by atoms with Gasteiger partial charge in [-0.05, 0) is 42.9 Å². The highest BCUT2D eigenvalue weighted by Crippen LogP contribution is 2.32. The number of benzene rings is 3. The van der Waals surface area contributed by atoms with Crippen molar-refractivity contribution in [2.45, 2.75) is 20.4 Å². The second-order valence-electron chi connectivity index (χ2n) is 7.49. The fourth-order valence-corrected chi connectivity index (χ4v) is 3.94. The summed E-state index contributed by atoms with van der Waals surface area (Å²) in [6.45, 7) is 7.33. The van der Waals surface area contributed by atoms with Crippen molar-refractivity contribution in [2.75, 3.05) is 13.1 Å². The number of H-pyrrole nitrogens is 1. The molecule has 1 heterocycles. The number of aliphatic imine (C=N–C) groups is 1. The van der Waals surface area contributed by atoms with Gasteiger partial charge in [0.2, 0.25) is 0 Å². The number of halogens is 1. The van der Waals surface area contributed by atoms with E-state index >= 15 is 0 Å². The van der Waals surface area contributed by atoms with Crippen molar-refractivity contribution in [3.05, 3.63) is 94.5 Å². The van der Waals surface area contributed by atoms with E-state index < -0.39 is 0 Å². The maximum atomic E-state index is 10.7. The van der Waals surface area contributed by atoms with E-state index in [1.807, 2.05) is 60.7 Å². The summed E-state index contributed by atoms with van der Waals surface area (Å²) in [5.74, 6) is 0.0815. The van der Waals surface area contributed by atoms with Crippen molar-refractivity contribution < 1.29 is 5.11 Å². The van der Waals surface area contributed by atoms with E-state index in [-0.39, 0.29) is 5.88 Å². The van der Waals surface area contributed by atoms with Crippen LogP contribution < -0.4 is 0 Å². The number of fused-ring (bicyclic) bond motifs is 1. The molecular weight excluding hydrogens is 406 g/mol. The van der Waals surface area contributed by atoms with Gasteiger partial charge in [0.25, 0.3) is 0 Å². The number of hydrogen-bond acceptors (Lipinski definition) is 3. The first-order valence-electron chi connectivity index (χ1n) is 10.5. The van der Waals surface area contributed by atoms with Crippen LogP contribution in [0.3, 0.4) is 0 Å². The van der Waals surface area contributed by atoms with Crippen LogP contribution in [0.4, 0.5) is 5.69 Å². The predicted octanol–water partition coefficient (Wildman–Crippen LogP) is 6.54. The molecule has 3 aromatic carbocycles. The Hall–Kier alpha value is -3.08. The van der Waals surface area contributed by atoms with Crippen LogP contribution in [0.2, 0.25) is 5.02 Å². The van der Waals surface area contributed by atoms with Gasteiger partial charge in [-0.25, -0.2) is 4.99 Å². The second kappa shape index (κ2) is 9.38. The third-order valence-corrected chi connectivity index (χ3v) is 5.74. The Balaban J connectivity index is 1.79. The molecule has 0 saturated heterocycles. The highest BCUT2D eigenvalue weighted by atomic mass is 35.5. The summed E-state index contributed by atoms with van der Waals surface area (Å²) in [4.78, 5) is 10.4. The largest absolute Gasteiger partial charge is 0.494 e. The molecular formula is C26H26ClN3O. The molecule has 0 fully saturated rings. The van der Waals surface area contributed by atoms with E-state index in [1.54, 1.807) is 0 Å². The number of hydrogen-bond donors (Lipinski definition) is 2. The second-order valence-corrected chi connectivity index (χ2v) is 7.93. The molecule has 0 radical (unpaired) electrons. The highest BCUT2D eigenvalue weighted by molar-refractivity contribution is 6.31. The molecule has 0 atom stereocenters. The lowest BCUT2D eigenvalue weighted by Crippen LogP contribution is -2.21. The maximum Gasteiger partial charge on any atom is 0.199 e. The van der Waals surface area contributed by atoms with Crippen LogP contribution in [0.15, 0.2) is 77.8 Å². The molecule has 158 valence electrons. The standard InChI is InChI=1S/C26H26ClN3O/c1-3-30(4-2)17-18-10-13-21(14-11-18)28-25(19-8-6-5-7-9-19)24-22-15-12-20(27)16-23(22)29-26(24)31/h5-16,29,31H,3-4,17H2,1-2H3. The summed E-state index contributed by atoms with van der Waals surface area (Å²) in [5.41, 5.74) is 5.19. The number of nitrogens with zero attached hydrogens (tertiary/aromatic N) is 2. The van der Waals surface area contributed by atoms with Gasteiger partial charge in [-0.15, -0.1) is 0 Å². The lowest BCUT2D eigenvalue weighted by molar-refractivity contribution is 0.296. The first-order valence-corrected chi connectivity index (χ1v) is 10.9. The van der Waals surface area contributed by atoms with Gasteiger partial charge in [-0.1, -0.05) is 74.0 Å². The van der Waals surface area contributed by atoms with Crippen LogP contribution in [-0.2, 0) is 6.54 Å². The minimum atomic E-state index is 0.0815. The Morgan fingerprint density at radius 3 is 2.35 bits per heavy atom. The SMILES string of the molecule is CCN(CC)Cc1ccc(N=C(c2ccccc2)c2c(O)[nH]c3cc(Cl)ccc23)cc1. The van der Waals surface area contributed by atoms with Crippen molar-refractivity contribution in [1.82, 2.24) is 9.88 Å². The van der Waals surface area contributed by atoms with E-state index in [1.165, 1.54) is 5.56 Å². The van der Waals surface area contributed by atoms with Crippen LogP contribution in [0, 0.1) is 0 Å². The van der Waals surface area contributed by atoms with Crippen molar-refractivity contribution in [2.24, 2.45) is 4.99 Å². The highest BCUT2D eigenvalue weighted by Gasteiger charge is 2.18. The molecule has 4 rings (SSSR count). The van der Waals surface area contributed by atoms with E-state index in [2.05, 4.69) is 35.9 Å². The van der Waals surface area contributed by atoms with E-state index in [0.717, 1.165) is 41.8 Å². The van der Waals surface area contributed by atoms with Crippen LogP contribution >= 0.6 is 11.6 Å². The number of aromatic nitrogens is 1. The van der Waals surface area contributed by atoms with Crippen LogP contribution in [0.1, 0.15) is 30.5 Å². The summed E-state index contributed by atoms with van der Waals surface area (Å²) < 4.78 is 0. The van der Waals surface area contributed by atoms with Gasteiger partial charge in [0.1, 0.15) is 0 Å². The molecule has 31 heavy (non-hydrogen) atoms. The average Bonchev–Trinajstić information content (AvgIpc) is 3.11. The number of rotatable bonds is 7. The van der Waals surface area contributed by atoms with Gasteiger partial charge < -0.3 is 10.1 Å². The molecule has 2 N–H and O–H groups in total. The number of nitrogens with one attached hydrogen (secondary N) is 1. The molecule has 1 aromatic heterocycles. The monoisotopic (exact) mass is 431 g/mol. The molecule has 0 aliphatic rings. The molecule has 0 spiro atoms. The summed E-state index contributed by atoms with van der Waals surface area (Å²) in [7, 11) is 0. The molecule has 5 heteroatoms. The van der Waals surface area contributed by atoms with Crippen LogP contribution in [0.5, 0.6) is 5.88 Å². The van der Waals surface area contributed by atoms with Crippen molar-refractivity contribution in [3.8, 4) is 5.88 Å². The van der Waals surface area contributed by atoms with E-state index in [9.17, 15) is 5.11 Å². The predicted molar refractivity (Wildman–Crippen MR) is 130 cm³/mol. The van der Waals surface area contributed by atoms with Gasteiger partial charge in [0.05, 0.1) is 22.5 Å². The Bertz CT molecular complexity index is 1190. The average molecular weight is 432 g/mol. The Labute approximate surface area is 187 Å². The van der Waals surface area contributed by atoms with Crippen molar-refractivity contribution in [3.63, 3.8) is 0 Å². The Morgan fingerprint density at radius 1 is 0.968 bits per heavy atom. The molecule has 4 aromatic rings. The molecule has 4 nitrogen and oxygen atoms in total. The summed E-state index contributed by atoms with van der Waals surface area (Å²) in [5, 5.41) is 12.2. The fraction of sp³-hybridized carbons (Fsp3) is 0.192. The smallest absolute Gasteiger partial charge is 0.199 e. The maximum absolute atomic E-state index is 10.7. The van der Waals surface area contributed by atoms with E-state index in [4.69, 9.17) is 16.6 Å². The first-order chi connectivity index (χ1) is 15.1. The number of aromatic hydroxyl groups is 1. The molecule has 0 aliphatic carbocycles. The summed E-state index contributed by atoms with van der Waals surface area (Å²) in [6.07, 6.45) is 0. The van der Waals surface area contributed by atoms with Crippen LogP contribution in [0.25, 0.3) is 10.9 Å². The quantitative estimate of drug-likeness (QED) is 0.326. The summed E-state index contributed by atoms with van der Waals surface area (Å²) >= 11 is 6.14. The third kappa shape index (κ3) is 4.66. The first kappa shape index (κ1) is 21.2. The molecule has 0 bridgehead atoms. The number of aromatic amines is 1. The van der Waals surface area contributed by atoms with E-state index in [0.29, 0.717) is 16.3 Å². The van der Waals surface area contributed by atoms with Gasteiger partial charge >= 0.3 is 0 Å². The van der Waals surface area contributed by atoms with Gasteiger partial charge in [0, 0.05) is 22.5 Å². The van der Waals surface area contributed by atoms with Crippen molar-refractivity contribution >= 4 is 33.9 Å². The molecule has 0 saturated carbocycles. The molecule has 0 unspecified atom stereocenters. The minimum absolute atomic E-state index is 0.0815. The normalized spacial score (nSPS) is 12.1. The van der Waals surface area contributed by atoms with Crippen LogP contribution in [-0.4, -0.2) is 33.8 Å². The Kier molecular flexibility index (Phi) is 6.40. The third-order valence-electron chi connectivity index (χ3n) is 5.50. The van der Waals surface area contributed by atoms with Crippen molar-refractivity contribution in [1.29, 1.82) is 0 Å². The fourth-order valence-electron chi connectivity index (χ4n) is 3.77. The zero-order valence-corrected chi connectivity index (χ0v) is 18.5. The lowest BCUT2D eigenvalue weighted by Gasteiger charge is -2.17. The Morgan fingerprint density at radius 2 is 1.68 bits per heavy atom. The molecule has 0 aliphatic heterocycles. The summed E-state index contributed by atoms with van der Waals surface area (Å²) in [6, 6.07) is 23.8. The lowest BCUT2D eigenvalue weighted by atomic mass is 10.0. The van der Waals surface area contributed by atoms with Gasteiger partial charge in [0.15, 0.2) is 5.88 Å². The minimum Gasteiger partial charge on any atom is -0.494 e.